The Bertz CT molecular complexity index is 1440. The maximum absolute atomic E-state index is 14.1. The average molecular weight is 547 g/mol. The second-order valence-electron chi connectivity index (χ2n) is 10.1. The van der Waals surface area contributed by atoms with E-state index in [0.717, 1.165) is 52.9 Å². The van der Waals surface area contributed by atoms with E-state index in [9.17, 15) is 9.18 Å². The largest absolute Gasteiger partial charge is 0.465 e. The molecule has 202 valence electrons. The van der Waals surface area contributed by atoms with Crippen LogP contribution in [0.5, 0.6) is 0 Å². The van der Waals surface area contributed by atoms with Crippen molar-refractivity contribution in [3.8, 4) is 22.5 Å². The van der Waals surface area contributed by atoms with Gasteiger partial charge in [0.25, 0.3) is 0 Å². The lowest BCUT2D eigenvalue weighted by Crippen LogP contribution is -2.23. The minimum Gasteiger partial charge on any atom is -0.465 e. The van der Waals surface area contributed by atoms with E-state index >= 15 is 0 Å². The van der Waals surface area contributed by atoms with Gasteiger partial charge in [0.2, 0.25) is 0 Å². The third-order valence-electron chi connectivity index (χ3n) is 7.53. The molecule has 5 rings (SSSR count). The number of halogens is 2. The molecule has 1 aliphatic carbocycles. The van der Waals surface area contributed by atoms with Crippen LogP contribution in [0.25, 0.3) is 22.5 Å². The van der Waals surface area contributed by atoms with Crippen molar-refractivity contribution in [2.45, 2.75) is 44.9 Å². The Balaban J connectivity index is 1.28. The molecule has 0 spiro atoms. The van der Waals surface area contributed by atoms with Gasteiger partial charge in [-0.3, -0.25) is 4.79 Å². The second-order valence-corrected chi connectivity index (χ2v) is 10.5. The minimum absolute atomic E-state index is 0.124. The lowest BCUT2D eigenvalue weighted by atomic mass is 9.93. The van der Waals surface area contributed by atoms with Gasteiger partial charge >= 0.3 is 5.97 Å². The van der Waals surface area contributed by atoms with Crippen LogP contribution in [-0.4, -0.2) is 31.3 Å². The highest BCUT2D eigenvalue weighted by Crippen LogP contribution is 2.49. The molecule has 4 aromatic rings. The van der Waals surface area contributed by atoms with Crippen LogP contribution in [0.4, 0.5) is 10.1 Å². The van der Waals surface area contributed by atoms with E-state index in [2.05, 4.69) is 34.3 Å². The lowest BCUT2D eigenvalue weighted by molar-refractivity contribution is -0.146. The zero-order valence-electron chi connectivity index (χ0n) is 22.5. The molecule has 1 heterocycles. The molecule has 1 fully saturated rings. The summed E-state index contributed by atoms with van der Waals surface area (Å²) in [6.45, 7) is 4.85. The van der Waals surface area contributed by atoms with E-state index in [4.69, 9.17) is 20.9 Å². The first kappa shape index (κ1) is 26.9. The second kappa shape index (κ2) is 11.2. The fourth-order valence-electron chi connectivity index (χ4n) is 5.18. The topological polar surface area (TPSA) is 55.6 Å². The van der Waals surface area contributed by atoms with Crippen LogP contribution in [-0.2, 0) is 21.4 Å². The van der Waals surface area contributed by atoms with Crippen molar-refractivity contribution in [1.29, 1.82) is 0 Å². The zero-order valence-corrected chi connectivity index (χ0v) is 23.2. The molecule has 0 radical (unpaired) electrons. The first-order valence-electron chi connectivity index (χ1n) is 13.3. The number of aromatic nitrogens is 1. The summed E-state index contributed by atoms with van der Waals surface area (Å²) in [6.07, 6.45) is 2.95. The summed E-state index contributed by atoms with van der Waals surface area (Å²) in [5, 5.41) is 4.68. The van der Waals surface area contributed by atoms with Crippen LogP contribution in [0.1, 0.15) is 43.0 Å². The molecule has 39 heavy (non-hydrogen) atoms. The predicted molar refractivity (Wildman–Crippen MR) is 153 cm³/mol. The van der Waals surface area contributed by atoms with Crippen molar-refractivity contribution in [3.05, 3.63) is 94.4 Å². The van der Waals surface area contributed by atoms with E-state index in [1.807, 2.05) is 45.2 Å². The van der Waals surface area contributed by atoms with Crippen molar-refractivity contribution in [1.82, 2.24) is 5.16 Å². The Morgan fingerprint density at radius 3 is 2.31 bits per heavy atom. The molecule has 0 N–H and O–H groups in total. The standard InChI is InChI=1S/C32H32ClFN2O3/c1-4-38-31(37)32(18-19-32)25-16-14-23(15-17-25)22-10-12-24(13-11-22)30-29(21(2)35-39-30)36(3)20-6-7-26-27(33)8-5-9-28(26)34/h5,8-17H,4,6-7,18-20H2,1-3H3. The molecule has 1 aliphatic rings. The van der Waals surface area contributed by atoms with Crippen LogP contribution in [0, 0.1) is 12.7 Å². The van der Waals surface area contributed by atoms with Crippen molar-refractivity contribution < 1.29 is 18.4 Å². The van der Waals surface area contributed by atoms with Gasteiger partial charge in [-0.25, -0.2) is 4.39 Å². The van der Waals surface area contributed by atoms with Gasteiger partial charge in [0.15, 0.2) is 5.76 Å². The average Bonchev–Trinajstić information content (AvgIpc) is 3.66. The lowest BCUT2D eigenvalue weighted by Gasteiger charge is -2.19. The van der Waals surface area contributed by atoms with Gasteiger partial charge in [0, 0.05) is 29.7 Å². The Morgan fingerprint density at radius 2 is 1.69 bits per heavy atom. The number of carbonyl (C=O) groups is 1. The summed E-state index contributed by atoms with van der Waals surface area (Å²) in [5.41, 5.74) is 5.88. The van der Waals surface area contributed by atoms with Crippen LogP contribution < -0.4 is 4.90 Å². The number of hydrogen-bond donors (Lipinski definition) is 0. The third kappa shape index (κ3) is 5.44. The maximum atomic E-state index is 14.1. The molecule has 7 heteroatoms. The smallest absolute Gasteiger partial charge is 0.316 e. The van der Waals surface area contributed by atoms with Crippen molar-refractivity contribution in [2.24, 2.45) is 0 Å². The number of esters is 1. The fraction of sp³-hybridized carbons (Fsp3) is 0.312. The summed E-state index contributed by atoms with van der Waals surface area (Å²) in [6, 6.07) is 21.1. The molecular formula is C32H32ClFN2O3. The monoisotopic (exact) mass is 546 g/mol. The highest BCUT2D eigenvalue weighted by molar-refractivity contribution is 6.31. The van der Waals surface area contributed by atoms with Gasteiger partial charge in [-0.2, -0.15) is 0 Å². The van der Waals surface area contributed by atoms with Gasteiger partial charge in [0.1, 0.15) is 17.2 Å². The summed E-state index contributed by atoms with van der Waals surface area (Å²) >= 11 is 6.19. The summed E-state index contributed by atoms with van der Waals surface area (Å²) < 4.78 is 25.2. The van der Waals surface area contributed by atoms with E-state index < -0.39 is 5.41 Å². The minimum atomic E-state index is -0.466. The molecule has 0 amide bonds. The van der Waals surface area contributed by atoms with Crippen LogP contribution in [0.3, 0.4) is 0 Å². The van der Waals surface area contributed by atoms with E-state index in [1.54, 1.807) is 12.1 Å². The van der Waals surface area contributed by atoms with E-state index in [0.29, 0.717) is 35.9 Å². The van der Waals surface area contributed by atoms with Gasteiger partial charge in [-0.15, -0.1) is 0 Å². The molecule has 1 saturated carbocycles. The number of aryl methyl sites for hydroxylation is 1. The number of benzene rings is 3. The SMILES string of the molecule is CCOC(=O)C1(c2ccc(-c3ccc(-c4onc(C)c4N(C)CCCc4c(F)cccc4Cl)cc3)cc2)CC1. The van der Waals surface area contributed by atoms with Crippen molar-refractivity contribution >= 4 is 23.3 Å². The summed E-state index contributed by atoms with van der Waals surface area (Å²) in [4.78, 5) is 14.5. The van der Waals surface area contributed by atoms with Gasteiger partial charge in [-0.1, -0.05) is 71.4 Å². The fourth-order valence-corrected chi connectivity index (χ4v) is 5.44. The number of carbonyl (C=O) groups excluding carboxylic acids is 1. The van der Waals surface area contributed by atoms with Gasteiger partial charge in [-0.05, 0) is 68.4 Å². The number of anilines is 1. The van der Waals surface area contributed by atoms with Crippen molar-refractivity contribution in [2.75, 3.05) is 25.1 Å². The quantitative estimate of drug-likeness (QED) is 0.190. The highest BCUT2D eigenvalue weighted by Gasteiger charge is 2.52. The molecule has 5 nitrogen and oxygen atoms in total. The number of nitrogens with zero attached hydrogens (tertiary/aromatic N) is 2. The number of rotatable bonds is 10. The summed E-state index contributed by atoms with van der Waals surface area (Å²) in [7, 11) is 1.99. The molecule has 1 aromatic heterocycles. The molecule has 0 unspecified atom stereocenters. The normalized spacial score (nSPS) is 13.8. The Kier molecular flexibility index (Phi) is 7.76. The first-order valence-corrected chi connectivity index (χ1v) is 13.7. The number of hydrogen-bond acceptors (Lipinski definition) is 5. The first-order chi connectivity index (χ1) is 18.8. The third-order valence-corrected chi connectivity index (χ3v) is 7.88. The van der Waals surface area contributed by atoms with Crippen LogP contribution in [0.2, 0.25) is 5.02 Å². The molecule has 0 aliphatic heterocycles. The van der Waals surface area contributed by atoms with Gasteiger partial charge < -0.3 is 14.2 Å². The molecular weight excluding hydrogens is 515 g/mol. The number of ether oxygens (including phenoxy) is 1. The molecule has 0 atom stereocenters. The maximum Gasteiger partial charge on any atom is 0.316 e. The van der Waals surface area contributed by atoms with Gasteiger partial charge in [0.05, 0.1) is 12.0 Å². The Morgan fingerprint density at radius 1 is 1.05 bits per heavy atom. The molecule has 3 aromatic carbocycles. The van der Waals surface area contributed by atoms with Crippen LogP contribution in [0.15, 0.2) is 71.3 Å². The van der Waals surface area contributed by atoms with E-state index in [-0.39, 0.29) is 11.8 Å². The van der Waals surface area contributed by atoms with Crippen molar-refractivity contribution in [3.63, 3.8) is 0 Å². The summed E-state index contributed by atoms with van der Waals surface area (Å²) in [5.74, 6) is 0.306. The van der Waals surface area contributed by atoms with Crippen LogP contribution >= 0.6 is 11.6 Å². The molecule has 0 bridgehead atoms. The Labute approximate surface area is 233 Å². The Hall–Kier alpha value is -3.64. The molecule has 0 saturated heterocycles. The zero-order chi connectivity index (χ0) is 27.6. The predicted octanol–water partition coefficient (Wildman–Crippen LogP) is 7.77. The highest BCUT2D eigenvalue weighted by atomic mass is 35.5. The van der Waals surface area contributed by atoms with E-state index in [1.165, 1.54) is 6.07 Å².